The zero-order valence-electron chi connectivity index (χ0n) is 12.5. The van der Waals surface area contributed by atoms with E-state index in [9.17, 15) is 13.2 Å². The average molecular weight is 304 g/mol. The van der Waals surface area contributed by atoms with E-state index >= 15 is 0 Å². The molecule has 118 valence electrons. The summed E-state index contributed by atoms with van der Waals surface area (Å²) >= 11 is 0. The van der Waals surface area contributed by atoms with Gasteiger partial charge in [-0.3, -0.25) is 4.79 Å². The van der Waals surface area contributed by atoms with Crippen LogP contribution in [0, 0.1) is 5.92 Å². The molecule has 0 aromatic rings. The molecule has 0 radical (unpaired) electrons. The Balaban J connectivity index is 2.15. The van der Waals surface area contributed by atoms with Gasteiger partial charge in [-0.25, -0.2) is 8.42 Å². The first-order valence-corrected chi connectivity index (χ1v) is 9.53. The summed E-state index contributed by atoms with van der Waals surface area (Å²) in [7, 11) is -3.23. The summed E-state index contributed by atoms with van der Waals surface area (Å²) in [5.41, 5.74) is 0. The molecule has 1 rings (SSSR count). The molecule has 0 bridgehead atoms. The molecule has 2 N–H and O–H groups in total. The molecule has 1 unspecified atom stereocenters. The van der Waals surface area contributed by atoms with E-state index in [4.69, 9.17) is 0 Å². The quantitative estimate of drug-likeness (QED) is 0.626. The van der Waals surface area contributed by atoms with E-state index in [1.165, 1.54) is 12.8 Å². The molecule has 0 aromatic carbocycles. The maximum atomic E-state index is 11.7. The van der Waals surface area contributed by atoms with Crippen LogP contribution in [0.4, 0.5) is 0 Å². The van der Waals surface area contributed by atoms with Crippen molar-refractivity contribution in [2.45, 2.75) is 45.4 Å². The van der Waals surface area contributed by atoms with Gasteiger partial charge >= 0.3 is 0 Å². The maximum absolute atomic E-state index is 11.7. The van der Waals surface area contributed by atoms with Crippen molar-refractivity contribution < 1.29 is 13.2 Å². The van der Waals surface area contributed by atoms with Crippen LogP contribution in [0.1, 0.15) is 45.4 Å². The number of carbonyl (C=O) groups excluding carboxylic acids is 1. The van der Waals surface area contributed by atoms with E-state index in [0.717, 1.165) is 32.4 Å². The summed E-state index contributed by atoms with van der Waals surface area (Å²) in [5.74, 6) is 0.0101. The van der Waals surface area contributed by atoms with Crippen LogP contribution in [-0.4, -0.2) is 45.5 Å². The largest absolute Gasteiger partial charge is 0.355 e. The summed E-state index contributed by atoms with van der Waals surface area (Å²) in [6.45, 7) is 4.69. The Kier molecular flexibility index (Phi) is 8.14. The number of piperidine rings is 1. The molecule has 1 atom stereocenters. The lowest BCUT2D eigenvalue weighted by molar-refractivity contribution is -0.118. The van der Waals surface area contributed by atoms with Crippen LogP contribution in [0.15, 0.2) is 0 Å². The molecule has 1 fully saturated rings. The average Bonchev–Trinajstić information content (AvgIpc) is 2.39. The van der Waals surface area contributed by atoms with Gasteiger partial charge in [-0.2, -0.15) is 0 Å². The molecule has 1 aliphatic heterocycles. The van der Waals surface area contributed by atoms with E-state index in [1.807, 2.05) is 6.92 Å². The van der Waals surface area contributed by atoms with Gasteiger partial charge in [0.15, 0.2) is 9.84 Å². The zero-order chi connectivity index (χ0) is 14.8. The van der Waals surface area contributed by atoms with E-state index in [2.05, 4.69) is 10.6 Å². The molecule has 1 saturated heterocycles. The molecule has 0 spiro atoms. The number of hydrogen-bond acceptors (Lipinski definition) is 4. The zero-order valence-corrected chi connectivity index (χ0v) is 13.3. The minimum atomic E-state index is -3.23. The number of hydrogen-bond donors (Lipinski definition) is 2. The Morgan fingerprint density at radius 3 is 2.80 bits per heavy atom. The normalized spacial score (nSPS) is 19.8. The first-order chi connectivity index (χ1) is 9.53. The highest BCUT2D eigenvalue weighted by Gasteiger charge is 2.17. The van der Waals surface area contributed by atoms with E-state index in [1.54, 1.807) is 0 Å². The van der Waals surface area contributed by atoms with Gasteiger partial charge in [0.25, 0.3) is 0 Å². The fourth-order valence-electron chi connectivity index (χ4n) is 2.48. The lowest BCUT2D eigenvalue weighted by Crippen LogP contribution is -2.35. The molecule has 1 amide bonds. The predicted octanol–water partition coefficient (Wildman–Crippen LogP) is 1.10. The highest BCUT2D eigenvalue weighted by molar-refractivity contribution is 7.92. The number of nitrogens with one attached hydrogen (secondary N) is 2. The van der Waals surface area contributed by atoms with Crippen molar-refractivity contribution in [3.05, 3.63) is 0 Å². The highest BCUT2D eigenvalue weighted by Crippen LogP contribution is 2.12. The van der Waals surface area contributed by atoms with Gasteiger partial charge in [-0.05, 0) is 44.7 Å². The second-order valence-electron chi connectivity index (χ2n) is 5.65. The predicted molar refractivity (Wildman–Crippen MR) is 81.4 cm³/mol. The monoisotopic (exact) mass is 304 g/mol. The van der Waals surface area contributed by atoms with Crippen LogP contribution >= 0.6 is 0 Å². The number of unbranched alkanes of at least 4 members (excludes halogenated alkanes) is 2. The van der Waals surface area contributed by atoms with Crippen LogP contribution in [0.5, 0.6) is 0 Å². The van der Waals surface area contributed by atoms with Crippen LogP contribution < -0.4 is 10.6 Å². The van der Waals surface area contributed by atoms with Crippen molar-refractivity contribution in [3.8, 4) is 0 Å². The summed E-state index contributed by atoms with van der Waals surface area (Å²) < 4.78 is 23.4. The summed E-state index contributed by atoms with van der Waals surface area (Å²) in [6, 6.07) is 0. The lowest BCUT2D eigenvalue weighted by Gasteiger charge is -2.22. The van der Waals surface area contributed by atoms with Gasteiger partial charge in [0, 0.05) is 6.54 Å². The number of amides is 1. The first-order valence-electron chi connectivity index (χ1n) is 7.71. The molecule has 20 heavy (non-hydrogen) atoms. The van der Waals surface area contributed by atoms with Crippen molar-refractivity contribution in [3.63, 3.8) is 0 Å². The number of carbonyl (C=O) groups is 1. The van der Waals surface area contributed by atoms with E-state index < -0.39 is 9.84 Å². The molecule has 0 saturated carbocycles. The third kappa shape index (κ3) is 7.85. The summed E-state index contributed by atoms with van der Waals surface area (Å²) in [6.07, 6.45) is 5.84. The second-order valence-corrected chi connectivity index (χ2v) is 7.83. The molecule has 0 aromatic heterocycles. The van der Waals surface area contributed by atoms with Crippen molar-refractivity contribution in [2.75, 3.05) is 31.1 Å². The van der Waals surface area contributed by atoms with Gasteiger partial charge in [0.05, 0.1) is 5.75 Å². The summed E-state index contributed by atoms with van der Waals surface area (Å²) in [4.78, 5) is 11.6. The Hall–Kier alpha value is -0.620. The Morgan fingerprint density at radius 2 is 2.15 bits per heavy atom. The molecular weight excluding hydrogens is 276 g/mol. The van der Waals surface area contributed by atoms with Gasteiger partial charge in [-0.15, -0.1) is 0 Å². The number of sulfone groups is 1. The Bertz CT molecular complexity index is 376. The van der Waals surface area contributed by atoms with Gasteiger partial charge < -0.3 is 10.6 Å². The van der Waals surface area contributed by atoms with E-state index in [-0.39, 0.29) is 17.4 Å². The number of rotatable bonds is 9. The third-order valence-electron chi connectivity index (χ3n) is 3.68. The van der Waals surface area contributed by atoms with Gasteiger partial charge in [0.2, 0.25) is 5.91 Å². The van der Waals surface area contributed by atoms with Crippen molar-refractivity contribution in [2.24, 2.45) is 5.92 Å². The van der Waals surface area contributed by atoms with Crippen LogP contribution in [0.2, 0.25) is 0 Å². The second kappa shape index (κ2) is 9.34. The fourth-order valence-corrected chi connectivity index (χ4v) is 3.77. The van der Waals surface area contributed by atoms with Crippen LogP contribution in [0.3, 0.4) is 0 Å². The maximum Gasteiger partial charge on any atom is 0.235 e. The Morgan fingerprint density at radius 1 is 1.35 bits per heavy atom. The fraction of sp³-hybridized carbons (Fsp3) is 0.929. The topological polar surface area (TPSA) is 75.3 Å². The molecule has 0 aliphatic carbocycles. The van der Waals surface area contributed by atoms with Gasteiger partial charge in [-0.1, -0.05) is 19.8 Å². The standard InChI is InChI=1S/C14H28N2O3S/c1-2-3-4-10-20(18,19)12-14(17)16-9-7-13-6-5-8-15-11-13/h13,15H,2-12H2,1H3,(H,16,17). The van der Waals surface area contributed by atoms with Crippen LogP contribution in [-0.2, 0) is 14.6 Å². The molecule has 1 aliphatic rings. The lowest BCUT2D eigenvalue weighted by atomic mass is 9.96. The SMILES string of the molecule is CCCCCS(=O)(=O)CC(=O)NCCC1CCCNC1. The van der Waals surface area contributed by atoms with Gasteiger partial charge in [0.1, 0.15) is 5.75 Å². The van der Waals surface area contributed by atoms with Crippen LogP contribution in [0.25, 0.3) is 0 Å². The molecule has 1 heterocycles. The third-order valence-corrected chi connectivity index (χ3v) is 5.30. The van der Waals surface area contributed by atoms with Crippen molar-refractivity contribution >= 4 is 15.7 Å². The smallest absolute Gasteiger partial charge is 0.235 e. The summed E-state index contributed by atoms with van der Waals surface area (Å²) in [5, 5.41) is 6.06. The first kappa shape index (κ1) is 17.4. The molecular formula is C14H28N2O3S. The van der Waals surface area contributed by atoms with E-state index in [0.29, 0.717) is 18.9 Å². The van der Waals surface area contributed by atoms with Crippen molar-refractivity contribution in [1.29, 1.82) is 0 Å². The minimum absolute atomic E-state index is 0.126. The van der Waals surface area contributed by atoms with Crippen molar-refractivity contribution in [1.82, 2.24) is 10.6 Å². The minimum Gasteiger partial charge on any atom is -0.355 e. The highest BCUT2D eigenvalue weighted by atomic mass is 32.2. The molecule has 6 heteroatoms. The Labute approximate surface area is 122 Å². The molecule has 5 nitrogen and oxygen atoms in total.